The molecule has 6 heteroatoms. The van der Waals surface area contributed by atoms with Crippen molar-refractivity contribution in [3.8, 4) is 0 Å². The highest BCUT2D eigenvalue weighted by Gasteiger charge is 2.54. The maximum absolute atomic E-state index is 12.5. The molecule has 26 heavy (non-hydrogen) atoms. The summed E-state index contributed by atoms with van der Waals surface area (Å²) in [5, 5.41) is 1.25. The minimum atomic E-state index is -0.222. The average Bonchev–Trinajstić information content (AvgIpc) is 2.98. The van der Waals surface area contributed by atoms with Gasteiger partial charge < -0.3 is 14.2 Å². The molecule has 138 valence electrons. The fourth-order valence-electron chi connectivity index (χ4n) is 4.83. The van der Waals surface area contributed by atoms with E-state index in [1.165, 1.54) is 29.3 Å². The van der Waals surface area contributed by atoms with Crippen LogP contribution in [0.25, 0.3) is 10.9 Å². The van der Waals surface area contributed by atoms with Gasteiger partial charge in [-0.3, -0.25) is 0 Å². The van der Waals surface area contributed by atoms with Crippen molar-refractivity contribution in [3.63, 3.8) is 0 Å². The van der Waals surface area contributed by atoms with Gasteiger partial charge in [-0.15, -0.1) is 23.5 Å². The molecule has 4 rings (SSSR count). The second-order valence-corrected chi connectivity index (χ2v) is 9.32. The number of hydrogen-bond donors (Lipinski definition) is 0. The Hall–Kier alpha value is -1.53. The molecule has 2 aliphatic rings. The predicted molar refractivity (Wildman–Crippen MR) is 111 cm³/mol. The molecule has 0 fully saturated rings. The lowest BCUT2D eigenvalue weighted by Gasteiger charge is -2.51. The van der Waals surface area contributed by atoms with Gasteiger partial charge >= 0.3 is 5.97 Å². The normalized spacial score (nSPS) is 23.6. The van der Waals surface area contributed by atoms with E-state index in [9.17, 15) is 4.79 Å². The molecule has 1 aliphatic carbocycles. The standard InChI is InChI=1S/C20H24N2O2S2/c1-21-11-14(19(23)24-3)13-10-16(21)20(25-4,26-5)18-17(13)12-8-6-7-9-15(12)22(18)2/h6-9,11,13,16H,10H2,1-5H3. The van der Waals surface area contributed by atoms with Crippen LogP contribution in [0.15, 0.2) is 36.0 Å². The van der Waals surface area contributed by atoms with Gasteiger partial charge in [0.1, 0.15) is 4.08 Å². The van der Waals surface area contributed by atoms with Crippen molar-refractivity contribution in [1.29, 1.82) is 0 Å². The van der Waals surface area contributed by atoms with Crippen molar-refractivity contribution in [2.45, 2.75) is 22.5 Å². The van der Waals surface area contributed by atoms with E-state index in [4.69, 9.17) is 4.74 Å². The van der Waals surface area contributed by atoms with Gasteiger partial charge in [-0.1, -0.05) is 18.2 Å². The molecule has 0 radical (unpaired) electrons. The molecule has 1 aromatic heterocycles. The molecule has 0 amide bonds. The predicted octanol–water partition coefficient (Wildman–Crippen LogP) is 3.92. The van der Waals surface area contributed by atoms with E-state index in [1.54, 1.807) is 0 Å². The molecule has 0 N–H and O–H groups in total. The number of fused-ring (bicyclic) bond motifs is 6. The molecular weight excluding hydrogens is 364 g/mol. The summed E-state index contributed by atoms with van der Waals surface area (Å²) in [6, 6.07) is 8.86. The number of esters is 1. The number of nitrogens with zero attached hydrogens (tertiary/aromatic N) is 2. The maximum Gasteiger partial charge on any atom is 0.335 e. The van der Waals surface area contributed by atoms with E-state index in [2.05, 4.69) is 60.3 Å². The van der Waals surface area contributed by atoms with Crippen molar-refractivity contribution in [3.05, 3.63) is 47.3 Å². The molecular formula is C20H24N2O2S2. The molecule has 2 aromatic rings. The van der Waals surface area contributed by atoms with Crippen LogP contribution in [0, 0.1) is 0 Å². The first-order chi connectivity index (χ1) is 12.5. The average molecular weight is 389 g/mol. The van der Waals surface area contributed by atoms with E-state index in [-0.39, 0.29) is 16.0 Å². The van der Waals surface area contributed by atoms with Gasteiger partial charge in [0.15, 0.2) is 0 Å². The monoisotopic (exact) mass is 388 g/mol. The minimum absolute atomic E-state index is 0.0769. The number of aryl methyl sites for hydroxylation is 1. The van der Waals surface area contributed by atoms with Crippen LogP contribution in [0.3, 0.4) is 0 Å². The lowest BCUT2D eigenvalue weighted by Crippen LogP contribution is -2.51. The quantitative estimate of drug-likeness (QED) is 0.588. The Balaban J connectivity index is 2.09. The molecule has 0 saturated carbocycles. The number of aromatic nitrogens is 1. The fraction of sp³-hybridized carbons (Fsp3) is 0.450. The third kappa shape index (κ3) is 2.15. The van der Waals surface area contributed by atoms with Crippen LogP contribution in [0.1, 0.15) is 23.6 Å². The lowest BCUT2D eigenvalue weighted by atomic mass is 9.75. The van der Waals surface area contributed by atoms with Gasteiger partial charge in [-0.05, 0) is 30.6 Å². The Bertz CT molecular complexity index is 914. The first-order valence-corrected chi connectivity index (χ1v) is 11.1. The molecule has 0 saturated heterocycles. The summed E-state index contributed by atoms with van der Waals surface area (Å²) in [5.41, 5.74) is 4.62. The highest BCUT2D eigenvalue weighted by atomic mass is 32.2. The van der Waals surface area contributed by atoms with Crippen molar-refractivity contribution in [2.24, 2.45) is 7.05 Å². The lowest BCUT2D eigenvalue weighted by molar-refractivity contribution is -0.136. The summed E-state index contributed by atoms with van der Waals surface area (Å²) in [4.78, 5) is 14.7. The second-order valence-electron chi connectivity index (χ2n) is 6.96. The molecule has 2 atom stereocenters. The summed E-state index contributed by atoms with van der Waals surface area (Å²) in [7, 11) is 5.71. The van der Waals surface area contributed by atoms with Crippen LogP contribution in [-0.2, 0) is 20.7 Å². The zero-order valence-electron chi connectivity index (χ0n) is 15.8. The zero-order chi connectivity index (χ0) is 18.6. The number of hydrogen-bond acceptors (Lipinski definition) is 5. The van der Waals surface area contributed by atoms with Crippen LogP contribution in [0.2, 0.25) is 0 Å². The largest absolute Gasteiger partial charge is 0.466 e. The van der Waals surface area contributed by atoms with Crippen LogP contribution in [0.5, 0.6) is 0 Å². The number of ether oxygens (including phenoxy) is 1. The first-order valence-electron chi connectivity index (χ1n) is 8.70. The van der Waals surface area contributed by atoms with Gasteiger partial charge in [-0.2, -0.15) is 0 Å². The highest BCUT2D eigenvalue weighted by molar-refractivity contribution is 8.17. The Morgan fingerprint density at radius 2 is 1.92 bits per heavy atom. The number of para-hydroxylation sites is 1. The van der Waals surface area contributed by atoms with Crippen molar-refractivity contribution >= 4 is 40.4 Å². The van der Waals surface area contributed by atoms with E-state index >= 15 is 0 Å². The Morgan fingerprint density at radius 3 is 2.58 bits per heavy atom. The topological polar surface area (TPSA) is 34.5 Å². The van der Waals surface area contributed by atoms with Gasteiger partial charge in [-0.25, -0.2) is 4.79 Å². The molecule has 1 aromatic carbocycles. The molecule has 1 aliphatic heterocycles. The number of thioether (sulfide) groups is 2. The van der Waals surface area contributed by atoms with Crippen molar-refractivity contribution in [1.82, 2.24) is 9.47 Å². The molecule has 2 unspecified atom stereocenters. The maximum atomic E-state index is 12.5. The number of carbonyl (C=O) groups excluding carboxylic acids is 1. The van der Waals surface area contributed by atoms with E-state index < -0.39 is 0 Å². The molecule has 0 spiro atoms. The van der Waals surface area contributed by atoms with E-state index in [1.807, 2.05) is 29.7 Å². The van der Waals surface area contributed by atoms with Gasteiger partial charge in [0.25, 0.3) is 0 Å². The number of methoxy groups -OCH3 is 1. The minimum Gasteiger partial charge on any atom is -0.466 e. The Morgan fingerprint density at radius 1 is 1.23 bits per heavy atom. The van der Waals surface area contributed by atoms with Gasteiger partial charge in [0.2, 0.25) is 0 Å². The van der Waals surface area contributed by atoms with Crippen molar-refractivity contribution in [2.75, 3.05) is 26.7 Å². The zero-order valence-corrected chi connectivity index (χ0v) is 17.4. The summed E-state index contributed by atoms with van der Waals surface area (Å²) in [6.45, 7) is 0. The number of likely N-dealkylation sites (N-methyl/N-ethyl adjacent to an activating group) is 1. The summed E-state index contributed by atoms with van der Waals surface area (Å²) in [6.07, 6.45) is 7.34. The Labute approximate surface area is 162 Å². The molecule has 4 nitrogen and oxygen atoms in total. The van der Waals surface area contributed by atoms with Crippen LogP contribution in [0.4, 0.5) is 0 Å². The fourth-order valence-corrected chi connectivity index (χ4v) is 7.44. The molecule has 2 heterocycles. The molecule has 2 bridgehead atoms. The second kappa shape index (κ2) is 6.27. The third-order valence-electron chi connectivity index (χ3n) is 5.96. The third-order valence-corrected chi connectivity index (χ3v) is 9.10. The van der Waals surface area contributed by atoms with Crippen molar-refractivity contribution < 1.29 is 9.53 Å². The number of rotatable bonds is 3. The van der Waals surface area contributed by atoms with Crippen LogP contribution < -0.4 is 0 Å². The summed E-state index contributed by atoms with van der Waals surface area (Å²) >= 11 is 3.82. The van der Waals surface area contributed by atoms with E-state index in [0.29, 0.717) is 6.04 Å². The SMILES string of the molecule is COC(=O)C1=CN(C)C2CC1c1c(n(C)c3ccccc13)C2(SC)SC. The first kappa shape index (κ1) is 17.9. The highest BCUT2D eigenvalue weighted by Crippen LogP contribution is 2.60. The van der Waals surface area contributed by atoms with Crippen LogP contribution in [-0.4, -0.2) is 48.1 Å². The van der Waals surface area contributed by atoms with Gasteiger partial charge in [0.05, 0.1) is 24.4 Å². The smallest absolute Gasteiger partial charge is 0.335 e. The van der Waals surface area contributed by atoms with Gasteiger partial charge in [0, 0.05) is 37.1 Å². The van der Waals surface area contributed by atoms with Crippen LogP contribution >= 0.6 is 23.5 Å². The number of benzene rings is 1. The Kier molecular flexibility index (Phi) is 4.31. The van der Waals surface area contributed by atoms with E-state index in [0.717, 1.165) is 12.0 Å². The number of carbonyl (C=O) groups is 1. The summed E-state index contributed by atoms with van der Waals surface area (Å²) < 4.78 is 7.38. The summed E-state index contributed by atoms with van der Waals surface area (Å²) in [5.74, 6) is -0.142.